The smallest absolute Gasteiger partial charge is 0.243 e. The number of β-amino-alcohol motifs (C(OH)–C–C–N with tert-alkyl or cyclic N) is 1. The first kappa shape index (κ1) is 24.9. The molecule has 36 heavy (non-hydrogen) atoms. The topological polar surface area (TPSA) is 104 Å². The third kappa shape index (κ3) is 5.18. The van der Waals surface area contributed by atoms with E-state index in [9.17, 15) is 21.9 Å². The molecule has 0 aromatic heterocycles. The molecule has 2 aliphatic rings. The monoisotopic (exact) mass is 528 g/mol. The van der Waals surface area contributed by atoms with Crippen molar-refractivity contribution >= 4 is 19.9 Å². The van der Waals surface area contributed by atoms with Crippen LogP contribution in [0.5, 0.6) is 5.75 Å². The predicted octanol–water partition coefficient (Wildman–Crippen LogP) is 2.55. The summed E-state index contributed by atoms with van der Waals surface area (Å²) in [6.45, 7) is 2.57. The van der Waals surface area contributed by atoms with Crippen LogP contribution < -0.4 is 4.74 Å². The minimum absolute atomic E-state index is 0.0893. The Kier molecular flexibility index (Phi) is 6.65. The summed E-state index contributed by atoms with van der Waals surface area (Å²) in [5.74, 6) is 0.261. The van der Waals surface area contributed by atoms with E-state index < -0.39 is 26.0 Å². The number of ether oxygens (including phenoxy) is 1. The molecule has 0 spiro atoms. The fraction of sp³-hybridized carbons (Fsp3) is 0.308. The van der Waals surface area contributed by atoms with Crippen LogP contribution >= 0.6 is 0 Å². The molecule has 5 rings (SSSR count). The fourth-order valence-corrected chi connectivity index (χ4v) is 6.89. The lowest BCUT2D eigenvalue weighted by Crippen LogP contribution is -2.53. The van der Waals surface area contributed by atoms with Crippen LogP contribution in [0, 0.1) is 0 Å². The van der Waals surface area contributed by atoms with Gasteiger partial charge in [0.1, 0.15) is 17.3 Å². The van der Waals surface area contributed by atoms with Crippen LogP contribution in [0.15, 0.2) is 76.5 Å². The summed E-state index contributed by atoms with van der Waals surface area (Å²) < 4.78 is 57.2. The summed E-state index contributed by atoms with van der Waals surface area (Å²) >= 11 is 0. The van der Waals surface area contributed by atoms with Crippen molar-refractivity contribution in [3.05, 3.63) is 89.0 Å². The Morgan fingerprint density at radius 1 is 0.889 bits per heavy atom. The first-order chi connectivity index (χ1) is 17.1. The number of sulfone groups is 1. The highest BCUT2D eigenvalue weighted by molar-refractivity contribution is 7.90. The van der Waals surface area contributed by atoms with Gasteiger partial charge in [0.25, 0.3) is 0 Å². The molecule has 1 fully saturated rings. The first-order valence-corrected chi connectivity index (χ1v) is 14.9. The van der Waals surface area contributed by atoms with Gasteiger partial charge in [0.05, 0.1) is 11.0 Å². The van der Waals surface area contributed by atoms with Crippen molar-refractivity contribution in [2.24, 2.45) is 0 Å². The van der Waals surface area contributed by atoms with Crippen molar-refractivity contribution in [2.45, 2.75) is 42.1 Å². The lowest BCUT2D eigenvalue weighted by molar-refractivity contribution is 0.0548. The van der Waals surface area contributed by atoms with Crippen LogP contribution in [0.25, 0.3) is 0 Å². The average molecular weight is 529 g/mol. The third-order valence-electron chi connectivity index (χ3n) is 6.50. The molecule has 3 aromatic carbocycles. The quantitative estimate of drug-likeness (QED) is 0.479. The molecule has 0 saturated carbocycles. The van der Waals surface area contributed by atoms with Crippen LogP contribution in [0.1, 0.15) is 22.3 Å². The summed E-state index contributed by atoms with van der Waals surface area (Å²) in [5, 5.41) is 9.39. The van der Waals surface area contributed by atoms with Gasteiger partial charge < -0.3 is 9.84 Å². The minimum Gasteiger partial charge on any atom is -0.488 e. The van der Waals surface area contributed by atoms with Gasteiger partial charge in [0.2, 0.25) is 10.0 Å². The van der Waals surface area contributed by atoms with Crippen molar-refractivity contribution in [1.29, 1.82) is 0 Å². The standard InChI is InChI=1S/C26H28N2O6S2/c1-35(30,31)26-12-20(13-27-14-21-4-2-3-5-22(21)15-27)8-11-25(26)34-18-19-6-9-24(10-7-19)36(32,33)28-16-23(29)17-28/h2-12,23,29H,13-18H2,1H3. The Hall–Kier alpha value is -2.76. The Balaban J connectivity index is 1.27. The molecular weight excluding hydrogens is 500 g/mol. The molecule has 1 saturated heterocycles. The second kappa shape index (κ2) is 9.60. The van der Waals surface area contributed by atoms with Crippen LogP contribution in [0.4, 0.5) is 0 Å². The van der Waals surface area contributed by atoms with Crippen LogP contribution in [0.3, 0.4) is 0 Å². The van der Waals surface area contributed by atoms with Crippen LogP contribution in [-0.4, -0.2) is 56.6 Å². The van der Waals surface area contributed by atoms with Gasteiger partial charge in [-0.2, -0.15) is 4.31 Å². The van der Waals surface area contributed by atoms with Gasteiger partial charge in [0.15, 0.2) is 9.84 Å². The number of aliphatic hydroxyl groups excluding tert-OH is 1. The first-order valence-electron chi connectivity index (χ1n) is 11.6. The number of nitrogens with zero attached hydrogens (tertiary/aromatic N) is 2. The van der Waals surface area contributed by atoms with E-state index in [1.165, 1.54) is 27.6 Å². The zero-order valence-corrected chi connectivity index (χ0v) is 21.5. The second-order valence-corrected chi connectivity index (χ2v) is 13.3. The number of aliphatic hydroxyl groups is 1. The van der Waals surface area contributed by atoms with E-state index in [-0.39, 0.29) is 35.2 Å². The maximum Gasteiger partial charge on any atom is 0.243 e. The van der Waals surface area contributed by atoms with Gasteiger partial charge in [-0.25, -0.2) is 16.8 Å². The number of benzene rings is 3. The van der Waals surface area contributed by atoms with E-state index in [4.69, 9.17) is 4.74 Å². The van der Waals surface area contributed by atoms with E-state index >= 15 is 0 Å². The van der Waals surface area contributed by atoms with Gasteiger partial charge in [-0.05, 0) is 46.5 Å². The van der Waals surface area contributed by atoms with Gasteiger partial charge in [-0.3, -0.25) is 4.90 Å². The Labute approximate surface area is 211 Å². The molecule has 0 radical (unpaired) electrons. The van der Waals surface area contributed by atoms with Gasteiger partial charge in [-0.15, -0.1) is 0 Å². The van der Waals surface area contributed by atoms with Crippen molar-refractivity contribution < 1.29 is 26.7 Å². The van der Waals surface area contributed by atoms with Crippen LogP contribution in [-0.2, 0) is 46.1 Å². The molecule has 0 unspecified atom stereocenters. The van der Waals surface area contributed by atoms with Gasteiger partial charge >= 0.3 is 0 Å². The Bertz CT molecular complexity index is 1460. The van der Waals surface area contributed by atoms with Crippen molar-refractivity contribution in [1.82, 2.24) is 9.21 Å². The highest BCUT2D eigenvalue weighted by Crippen LogP contribution is 2.29. The Morgan fingerprint density at radius 3 is 2.08 bits per heavy atom. The molecule has 190 valence electrons. The van der Waals surface area contributed by atoms with E-state index in [1.54, 1.807) is 24.3 Å². The third-order valence-corrected chi connectivity index (χ3v) is 9.47. The summed E-state index contributed by atoms with van der Waals surface area (Å²) in [5.41, 5.74) is 4.18. The summed E-state index contributed by atoms with van der Waals surface area (Å²) in [4.78, 5) is 2.54. The number of hydrogen-bond donors (Lipinski definition) is 1. The number of fused-ring (bicyclic) bond motifs is 1. The summed E-state index contributed by atoms with van der Waals surface area (Å²) in [6.07, 6.45) is 0.548. The molecule has 2 aliphatic heterocycles. The van der Waals surface area contributed by atoms with Crippen molar-refractivity contribution in [3.8, 4) is 5.75 Å². The lowest BCUT2D eigenvalue weighted by Gasteiger charge is -2.34. The second-order valence-electron chi connectivity index (χ2n) is 9.38. The largest absolute Gasteiger partial charge is 0.488 e. The van der Waals surface area contributed by atoms with Crippen molar-refractivity contribution in [2.75, 3.05) is 19.3 Å². The molecule has 0 amide bonds. The maximum absolute atomic E-state index is 12.5. The molecular formula is C26H28N2O6S2. The number of sulfonamides is 1. The summed E-state index contributed by atoms with van der Waals surface area (Å²) in [7, 11) is -7.16. The highest BCUT2D eigenvalue weighted by Gasteiger charge is 2.35. The molecule has 10 heteroatoms. The number of hydrogen-bond acceptors (Lipinski definition) is 7. The molecule has 8 nitrogen and oxygen atoms in total. The van der Waals surface area contributed by atoms with Crippen LogP contribution in [0.2, 0.25) is 0 Å². The fourth-order valence-electron chi connectivity index (χ4n) is 4.51. The van der Waals surface area contributed by atoms with Gasteiger partial charge in [0, 0.05) is 39.0 Å². The highest BCUT2D eigenvalue weighted by atomic mass is 32.2. The molecule has 0 bridgehead atoms. The van der Waals surface area contributed by atoms with Gasteiger partial charge in [-0.1, -0.05) is 42.5 Å². The average Bonchev–Trinajstić information content (AvgIpc) is 3.23. The number of rotatable bonds is 8. The molecule has 2 heterocycles. The van der Waals surface area contributed by atoms with Crippen molar-refractivity contribution in [3.63, 3.8) is 0 Å². The van der Waals surface area contributed by atoms with E-state index in [1.807, 2.05) is 18.2 Å². The molecule has 0 aliphatic carbocycles. The Morgan fingerprint density at radius 2 is 1.50 bits per heavy atom. The SMILES string of the molecule is CS(=O)(=O)c1cc(CN2Cc3ccccc3C2)ccc1OCc1ccc(S(=O)(=O)N2CC(O)C2)cc1. The predicted molar refractivity (Wildman–Crippen MR) is 134 cm³/mol. The van der Waals surface area contributed by atoms with E-state index in [0.717, 1.165) is 24.9 Å². The lowest BCUT2D eigenvalue weighted by atomic mass is 10.1. The normalized spacial score (nSPS) is 17.1. The van der Waals surface area contributed by atoms with E-state index in [0.29, 0.717) is 12.1 Å². The molecule has 3 aromatic rings. The molecule has 1 N–H and O–H groups in total. The van der Waals surface area contributed by atoms with E-state index in [2.05, 4.69) is 17.0 Å². The summed E-state index contributed by atoms with van der Waals surface area (Å²) in [6, 6.07) is 19.8. The minimum atomic E-state index is -3.63. The zero-order chi connectivity index (χ0) is 25.5. The maximum atomic E-state index is 12.5. The zero-order valence-electron chi connectivity index (χ0n) is 19.9. The molecule has 0 atom stereocenters.